The summed E-state index contributed by atoms with van der Waals surface area (Å²) in [5, 5.41) is 0. The van der Waals surface area contributed by atoms with Crippen molar-refractivity contribution in [1.29, 1.82) is 0 Å². The number of hydrogen-bond acceptors (Lipinski definition) is 6. The molecule has 7 heteroatoms. The van der Waals surface area contributed by atoms with Gasteiger partial charge in [-0.3, -0.25) is 24.4 Å². The predicted octanol–water partition coefficient (Wildman–Crippen LogP) is 1.39. The highest BCUT2D eigenvalue weighted by molar-refractivity contribution is 5.83. The van der Waals surface area contributed by atoms with Crippen molar-refractivity contribution in [1.82, 2.24) is 19.7 Å². The fourth-order valence-electron chi connectivity index (χ4n) is 4.38. The van der Waals surface area contributed by atoms with Crippen molar-refractivity contribution in [2.75, 3.05) is 46.9 Å². The standard InChI is InChI=1S/C21H32N4O3/c1-23(16-20(26)28-2)21(27)18-6-4-10-25(15-18)19-7-11-24(12-8-19)14-17-5-3-9-22-13-17/h3,5,9,13,18-19H,4,6-8,10-12,14-16H2,1-2H3/t18-/m0/s1. The van der Waals surface area contributed by atoms with E-state index < -0.39 is 0 Å². The number of hydrogen-bond donors (Lipinski definition) is 0. The fourth-order valence-corrected chi connectivity index (χ4v) is 4.38. The molecule has 0 aromatic carbocycles. The summed E-state index contributed by atoms with van der Waals surface area (Å²) in [6, 6.07) is 4.67. The molecule has 0 bridgehead atoms. The Labute approximate surface area is 167 Å². The van der Waals surface area contributed by atoms with E-state index in [1.807, 2.05) is 18.5 Å². The van der Waals surface area contributed by atoms with Gasteiger partial charge in [-0.25, -0.2) is 0 Å². The van der Waals surface area contributed by atoms with Crippen LogP contribution in [0.3, 0.4) is 0 Å². The Morgan fingerprint density at radius 2 is 2.04 bits per heavy atom. The predicted molar refractivity (Wildman–Crippen MR) is 106 cm³/mol. The van der Waals surface area contributed by atoms with Crippen molar-refractivity contribution in [3.8, 4) is 0 Å². The Balaban J connectivity index is 1.47. The van der Waals surface area contributed by atoms with Gasteiger partial charge in [-0.1, -0.05) is 6.07 Å². The van der Waals surface area contributed by atoms with E-state index >= 15 is 0 Å². The molecule has 3 rings (SSSR count). The van der Waals surface area contributed by atoms with E-state index in [1.165, 1.54) is 17.6 Å². The molecule has 0 saturated carbocycles. The SMILES string of the molecule is COC(=O)CN(C)C(=O)[C@H]1CCCN(C2CCN(Cc3cccnc3)CC2)C1. The van der Waals surface area contributed by atoms with Gasteiger partial charge in [0.15, 0.2) is 0 Å². The average Bonchev–Trinajstić information content (AvgIpc) is 2.74. The van der Waals surface area contributed by atoms with Crippen molar-refractivity contribution < 1.29 is 14.3 Å². The zero-order chi connectivity index (χ0) is 19.9. The first-order chi connectivity index (χ1) is 13.6. The third-order valence-electron chi connectivity index (χ3n) is 5.97. The van der Waals surface area contributed by atoms with Crippen molar-refractivity contribution in [3.63, 3.8) is 0 Å². The van der Waals surface area contributed by atoms with E-state index in [4.69, 9.17) is 0 Å². The number of nitrogens with zero attached hydrogens (tertiary/aromatic N) is 4. The van der Waals surface area contributed by atoms with Gasteiger partial charge in [-0.15, -0.1) is 0 Å². The number of rotatable bonds is 6. The number of pyridine rings is 1. The third-order valence-corrected chi connectivity index (χ3v) is 5.97. The highest BCUT2D eigenvalue weighted by atomic mass is 16.5. The largest absolute Gasteiger partial charge is 0.468 e. The van der Waals surface area contributed by atoms with E-state index in [9.17, 15) is 9.59 Å². The van der Waals surface area contributed by atoms with Crippen LogP contribution in [-0.2, 0) is 20.9 Å². The second-order valence-corrected chi connectivity index (χ2v) is 7.97. The minimum absolute atomic E-state index is 0.0168. The molecule has 1 amide bonds. The van der Waals surface area contributed by atoms with Crippen LogP contribution in [0.15, 0.2) is 24.5 Å². The molecule has 3 heterocycles. The molecule has 154 valence electrons. The van der Waals surface area contributed by atoms with E-state index in [2.05, 4.69) is 25.6 Å². The number of likely N-dealkylation sites (tertiary alicyclic amines) is 2. The topological polar surface area (TPSA) is 66.0 Å². The Morgan fingerprint density at radius 1 is 1.25 bits per heavy atom. The number of esters is 1. The summed E-state index contributed by atoms with van der Waals surface area (Å²) >= 11 is 0. The molecule has 0 spiro atoms. The quantitative estimate of drug-likeness (QED) is 0.686. The van der Waals surface area contributed by atoms with E-state index in [1.54, 1.807) is 7.05 Å². The lowest BCUT2D eigenvalue weighted by molar-refractivity contribution is -0.148. The van der Waals surface area contributed by atoms with E-state index in [0.29, 0.717) is 6.04 Å². The Kier molecular flexibility index (Phi) is 7.39. The lowest BCUT2D eigenvalue weighted by Gasteiger charge is -2.42. The highest BCUT2D eigenvalue weighted by Crippen LogP contribution is 2.25. The first-order valence-corrected chi connectivity index (χ1v) is 10.2. The van der Waals surface area contributed by atoms with Crippen LogP contribution in [0.4, 0.5) is 0 Å². The summed E-state index contributed by atoms with van der Waals surface area (Å²) in [5.41, 5.74) is 1.26. The summed E-state index contributed by atoms with van der Waals surface area (Å²) < 4.78 is 4.68. The molecule has 28 heavy (non-hydrogen) atoms. The van der Waals surface area contributed by atoms with Crippen LogP contribution in [0, 0.1) is 5.92 Å². The number of ether oxygens (including phenoxy) is 1. The molecule has 0 unspecified atom stereocenters. The number of amides is 1. The Hall–Kier alpha value is -1.99. The molecule has 7 nitrogen and oxygen atoms in total. The third kappa shape index (κ3) is 5.52. The number of carbonyl (C=O) groups is 2. The number of likely N-dealkylation sites (N-methyl/N-ethyl adjacent to an activating group) is 1. The normalized spacial score (nSPS) is 22.0. The number of piperidine rings is 2. The number of aromatic nitrogens is 1. The van der Waals surface area contributed by atoms with Gasteiger partial charge in [0.1, 0.15) is 6.54 Å². The van der Waals surface area contributed by atoms with Gasteiger partial charge in [0, 0.05) is 38.6 Å². The van der Waals surface area contributed by atoms with Crippen molar-refractivity contribution >= 4 is 11.9 Å². The second kappa shape index (κ2) is 9.98. The van der Waals surface area contributed by atoms with E-state index in [0.717, 1.165) is 58.4 Å². The van der Waals surface area contributed by atoms with Crippen molar-refractivity contribution in [2.24, 2.45) is 5.92 Å². The molecular weight excluding hydrogens is 356 g/mol. The minimum atomic E-state index is -0.371. The van der Waals surface area contributed by atoms with Crippen LogP contribution < -0.4 is 0 Å². The molecular formula is C21H32N4O3. The Morgan fingerprint density at radius 3 is 2.71 bits per heavy atom. The first-order valence-electron chi connectivity index (χ1n) is 10.2. The minimum Gasteiger partial charge on any atom is -0.468 e. The molecule has 2 aliphatic rings. The molecule has 0 N–H and O–H groups in total. The van der Waals surface area contributed by atoms with Gasteiger partial charge in [0.05, 0.1) is 13.0 Å². The van der Waals surface area contributed by atoms with Crippen LogP contribution in [0.25, 0.3) is 0 Å². The van der Waals surface area contributed by atoms with Crippen LogP contribution in [-0.4, -0.2) is 84.5 Å². The van der Waals surface area contributed by atoms with Gasteiger partial charge in [0.2, 0.25) is 5.91 Å². The summed E-state index contributed by atoms with van der Waals surface area (Å²) in [4.78, 5) is 34.9. The summed E-state index contributed by atoms with van der Waals surface area (Å²) in [6.07, 6.45) is 7.97. The van der Waals surface area contributed by atoms with Crippen LogP contribution >= 0.6 is 0 Å². The molecule has 1 aromatic rings. The molecule has 1 atom stereocenters. The monoisotopic (exact) mass is 388 g/mol. The van der Waals surface area contributed by atoms with Crippen LogP contribution in [0.2, 0.25) is 0 Å². The Bertz CT molecular complexity index is 646. The molecule has 1 aromatic heterocycles. The first kappa shape index (κ1) is 20.7. The lowest BCUT2D eigenvalue weighted by atomic mass is 9.93. The molecule has 0 radical (unpaired) electrons. The highest BCUT2D eigenvalue weighted by Gasteiger charge is 2.33. The summed E-state index contributed by atoms with van der Waals surface area (Å²) in [6.45, 7) is 5.02. The fraction of sp³-hybridized carbons (Fsp3) is 0.667. The van der Waals surface area contributed by atoms with Gasteiger partial charge in [0.25, 0.3) is 0 Å². The molecule has 2 aliphatic heterocycles. The molecule has 2 fully saturated rings. The number of methoxy groups -OCH3 is 1. The summed E-state index contributed by atoms with van der Waals surface area (Å²) in [7, 11) is 3.04. The van der Waals surface area contributed by atoms with Crippen LogP contribution in [0.5, 0.6) is 0 Å². The molecule has 0 aliphatic carbocycles. The zero-order valence-corrected chi connectivity index (χ0v) is 17.0. The van der Waals surface area contributed by atoms with Gasteiger partial charge in [-0.05, 0) is 56.9 Å². The maximum absolute atomic E-state index is 12.7. The zero-order valence-electron chi connectivity index (χ0n) is 17.0. The maximum Gasteiger partial charge on any atom is 0.325 e. The van der Waals surface area contributed by atoms with Crippen LogP contribution in [0.1, 0.15) is 31.2 Å². The smallest absolute Gasteiger partial charge is 0.325 e. The maximum atomic E-state index is 12.7. The van der Waals surface area contributed by atoms with E-state index in [-0.39, 0.29) is 24.3 Å². The van der Waals surface area contributed by atoms with Crippen molar-refractivity contribution in [3.05, 3.63) is 30.1 Å². The van der Waals surface area contributed by atoms with Gasteiger partial charge < -0.3 is 9.64 Å². The molecule has 2 saturated heterocycles. The van der Waals surface area contributed by atoms with Gasteiger partial charge >= 0.3 is 5.97 Å². The van der Waals surface area contributed by atoms with Gasteiger partial charge in [-0.2, -0.15) is 0 Å². The average molecular weight is 389 g/mol. The number of carbonyl (C=O) groups excluding carboxylic acids is 2. The van der Waals surface area contributed by atoms with Crippen molar-refractivity contribution in [2.45, 2.75) is 38.3 Å². The lowest BCUT2D eigenvalue weighted by Crippen LogP contribution is -2.51. The summed E-state index contributed by atoms with van der Waals surface area (Å²) in [5.74, 6) is -0.328. The second-order valence-electron chi connectivity index (χ2n) is 7.97.